The molecule has 2 heterocycles. The van der Waals surface area contributed by atoms with Crippen molar-refractivity contribution in [1.29, 1.82) is 0 Å². The number of nitrogens with zero attached hydrogens (tertiary/aromatic N) is 1. The molecule has 1 fully saturated rings. The molecule has 2 N–H and O–H groups in total. The molecule has 0 aliphatic carbocycles. The number of rotatable bonds is 2. The van der Waals surface area contributed by atoms with Crippen LogP contribution in [0.25, 0.3) is 0 Å². The van der Waals surface area contributed by atoms with Crippen LogP contribution >= 0.6 is 0 Å². The van der Waals surface area contributed by atoms with Gasteiger partial charge in [0.2, 0.25) is 5.89 Å². The summed E-state index contributed by atoms with van der Waals surface area (Å²) >= 11 is 0. The van der Waals surface area contributed by atoms with Crippen LogP contribution < -0.4 is 5.73 Å². The molecule has 0 radical (unpaired) electrons. The van der Waals surface area contributed by atoms with Gasteiger partial charge in [-0.2, -0.15) is 0 Å². The van der Waals surface area contributed by atoms with Crippen LogP contribution in [-0.4, -0.2) is 24.9 Å². The fourth-order valence-corrected chi connectivity index (χ4v) is 3.59. The van der Waals surface area contributed by atoms with Gasteiger partial charge in [0.1, 0.15) is 6.26 Å². The van der Waals surface area contributed by atoms with E-state index in [9.17, 15) is 8.42 Å². The number of hydrogen-bond donors (Lipinski definition) is 1. The van der Waals surface area contributed by atoms with Gasteiger partial charge in [0.15, 0.2) is 9.84 Å². The van der Waals surface area contributed by atoms with Gasteiger partial charge in [0.05, 0.1) is 23.7 Å². The van der Waals surface area contributed by atoms with Gasteiger partial charge in [-0.15, -0.1) is 0 Å². The molecule has 1 atom stereocenters. The second kappa shape index (κ2) is 3.94. The fourth-order valence-electron chi connectivity index (χ4n) is 1.86. The molecule has 5 nitrogen and oxygen atoms in total. The van der Waals surface area contributed by atoms with Gasteiger partial charge in [0, 0.05) is 5.92 Å². The standard InChI is InChI=1S/C9H14N2O3S/c10-4-9-11-8(5-14-9)7-2-1-3-15(12,13)6-7/h5,7H,1-4,6,10H2. The van der Waals surface area contributed by atoms with E-state index >= 15 is 0 Å². The zero-order valence-corrected chi connectivity index (χ0v) is 9.16. The highest BCUT2D eigenvalue weighted by Gasteiger charge is 2.27. The third-order valence-electron chi connectivity index (χ3n) is 2.63. The summed E-state index contributed by atoms with van der Waals surface area (Å²) in [6.07, 6.45) is 3.08. The predicted octanol–water partition coefficient (Wildman–Crippen LogP) is 0.425. The first kappa shape index (κ1) is 10.6. The summed E-state index contributed by atoms with van der Waals surface area (Å²) in [4.78, 5) is 4.16. The van der Waals surface area contributed by atoms with Crippen LogP contribution in [0.3, 0.4) is 0 Å². The van der Waals surface area contributed by atoms with Gasteiger partial charge < -0.3 is 10.2 Å². The lowest BCUT2D eigenvalue weighted by Gasteiger charge is -2.19. The topological polar surface area (TPSA) is 86.2 Å². The minimum atomic E-state index is -2.89. The van der Waals surface area contributed by atoms with Crippen LogP contribution in [0.1, 0.15) is 30.3 Å². The van der Waals surface area contributed by atoms with E-state index in [0.717, 1.165) is 12.1 Å². The number of aromatic nitrogens is 1. The van der Waals surface area contributed by atoms with Crippen molar-refractivity contribution in [1.82, 2.24) is 4.98 Å². The summed E-state index contributed by atoms with van der Waals surface area (Å²) < 4.78 is 28.0. The minimum absolute atomic E-state index is 0.0206. The van der Waals surface area contributed by atoms with E-state index in [1.807, 2.05) is 0 Å². The van der Waals surface area contributed by atoms with Crippen LogP contribution in [0.4, 0.5) is 0 Å². The lowest BCUT2D eigenvalue weighted by atomic mass is 10.0. The highest BCUT2D eigenvalue weighted by atomic mass is 32.2. The summed E-state index contributed by atoms with van der Waals surface area (Å²) in [5.74, 6) is 0.926. The first-order chi connectivity index (χ1) is 7.11. The summed E-state index contributed by atoms with van der Waals surface area (Å²) in [5, 5.41) is 0. The lowest BCUT2D eigenvalue weighted by Crippen LogP contribution is -2.23. The van der Waals surface area contributed by atoms with Crippen LogP contribution in [0.5, 0.6) is 0 Å². The second-order valence-electron chi connectivity index (χ2n) is 3.82. The van der Waals surface area contributed by atoms with E-state index in [-0.39, 0.29) is 18.2 Å². The molecular formula is C9H14N2O3S. The lowest BCUT2D eigenvalue weighted by molar-refractivity contribution is 0.496. The van der Waals surface area contributed by atoms with Crippen molar-refractivity contribution in [3.05, 3.63) is 17.8 Å². The van der Waals surface area contributed by atoms with Gasteiger partial charge in [-0.05, 0) is 12.8 Å². The summed E-state index contributed by atoms with van der Waals surface area (Å²) in [6.45, 7) is 0.249. The van der Waals surface area contributed by atoms with Gasteiger partial charge >= 0.3 is 0 Å². The Bertz CT molecular complexity index is 438. The van der Waals surface area contributed by atoms with Crippen molar-refractivity contribution < 1.29 is 12.8 Å². The second-order valence-corrected chi connectivity index (χ2v) is 6.05. The number of oxazole rings is 1. The number of hydrogen-bond acceptors (Lipinski definition) is 5. The van der Waals surface area contributed by atoms with Crippen molar-refractivity contribution >= 4 is 9.84 Å². The fraction of sp³-hybridized carbons (Fsp3) is 0.667. The highest BCUT2D eigenvalue weighted by molar-refractivity contribution is 7.91. The van der Waals surface area contributed by atoms with E-state index in [0.29, 0.717) is 18.1 Å². The largest absolute Gasteiger partial charge is 0.447 e. The Morgan fingerprint density at radius 1 is 1.60 bits per heavy atom. The molecule has 2 rings (SSSR count). The SMILES string of the molecule is NCc1nc(C2CCCS(=O)(=O)C2)co1. The maximum atomic E-state index is 11.4. The maximum Gasteiger partial charge on any atom is 0.207 e. The Balaban J connectivity index is 2.17. The number of sulfone groups is 1. The van der Waals surface area contributed by atoms with Crippen molar-refractivity contribution in [3.8, 4) is 0 Å². The Labute approximate surface area is 88.6 Å². The Morgan fingerprint density at radius 2 is 2.40 bits per heavy atom. The molecule has 0 aromatic carbocycles. The van der Waals surface area contributed by atoms with Crippen molar-refractivity contribution in [3.63, 3.8) is 0 Å². The van der Waals surface area contributed by atoms with Crippen LogP contribution in [0, 0.1) is 0 Å². The smallest absolute Gasteiger partial charge is 0.207 e. The molecule has 0 bridgehead atoms. The number of nitrogens with two attached hydrogens (primary N) is 1. The van der Waals surface area contributed by atoms with E-state index in [2.05, 4.69) is 4.98 Å². The molecular weight excluding hydrogens is 216 g/mol. The van der Waals surface area contributed by atoms with E-state index in [4.69, 9.17) is 10.2 Å². The van der Waals surface area contributed by atoms with Crippen molar-refractivity contribution in [2.24, 2.45) is 5.73 Å². The molecule has 1 aromatic rings. The molecule has 1 saturated heterocycles. The quantitative estimate of drug-likeness (QED) is 0.796. The Hall–Kier alpha value is -0.880. The Kier molecular flexibility index (Phi) is 2.79. The first-order valence-electron chi connectivity index (χ1n) is 4.95. The van der Waals surface area contributed by atoms with Gasteiger partial charge in [-0.3, -0.25) is 0 Å². The summed E-state index contributed by atoms with van der Waals surface area (Å²) in [5.41, 5.74) is 6.09. The molecule has 15 heavy (non-hydrogen) atoms. The first-order valence-corrected chi connectivity index (χ1v) is 6.77. The van der Waals surface area contributed by atoms with Crippen LogP contribution in [-0.2, 0) is 16.4 Å². The molecule has 1 aliphatic heterocycles. The molecule has 1 aliphatic rings. The predicted molar refractivity (Wildman–Crippen MR) is 55.0 cm³/mol. The van der Waals surface area contributed by atoms with Gasteiger partial charge in [0.25, 0.3) is 0 Å². The van der Waals surface area contributed by atoms with E-state index < -0.39 is 9.84 Å². The average molecular weight is 230 g/mol. The normalized spacial score (nSPS) is 25.3. The average Bonchev–Trinajstić information content (AvgIpc) is 2.64. The minimum Gasteiger partial charge on any atom is -0.447 e. The molecule has 0 spiro atoms. The molecule has 1 unspecified atom stereocenters. The third kappa shape index (κ3) is 2.38. The Morgan fingerprint density at radius 3 is 3.00 bits per heavy atom. The highest BCUT2D eigenvalue weighted by Crippen LogP contribution is 2.27. The monoisotopic (exact) mass is 230 g/mol. The van der Waals surface area contributed by atoms with Gasteiger partial charge in [-0.1, -0.05) is 0 Å². The van der Waals surface area contributed by atoms with Gasteiger partial charge in [-0.25, -0.2) is 13.4 Å². The molecule has 0 saturated carbocycles. The molecule has 84 valence electrons. The maximum absolute atomic E-state index is 11.4. The van der Waals surface area contributed by atoms with E-state index in [1.54, 1.807) is 0 Å². The molecule has 6 heteroatoms. The van der Waals surface area contributed by atoms with Crippen LogP contribution in [0.15, 0.2) is 10.7 Å². The molecule has 1 aromatic heterocycles. The van der Waals surface area contributed by atoms with Crippen molar-refractivity contribution in [2.45, 2.75) is 25.3 Å². The zero-order valence-electron chi connectivity index (χ0n) is 8.35. The summed E-state index contributed by atoms with van der Waals surface area (Å²) in [6, 6.07) is 0. The van der Waals surface area contributed by atoms with Crippen LogP contribution in [0.2, 0.25) is 0 Å². The zero-order chi connectivity index (χ0) is 10.9. The summed E-state index contributed by atoms with van der Waals surface area (Å²) in [7, 11) is -2.89. The third-order valence-corrected chi connectivity index (χ3v) is 4.45. The van der Waals surface area contributed by atoms with Crippen molar-refractivity contribution in [2.75, 3.05) is 11.5 Å². The van der Waals surface area contributed by atoms with E-state index in [1.165, 1.54) is 6.26 Å². The molecule has 0 amide bonds.